The van der Waals surface area contributed by atoms with Gasteiger partial charge in [0.25, 0.3) is 5.69 Å². The van der Waals surface area contributed by atoms with Crippen molar-refractivity contribution in [1.29, 1.82) is 0 Å². The molecule has 0 fully saturated rings. The summed E-state index contributed by atoms with van der Waals surface area (Å²) in [5.74, 6) is 0.895. The summed E-state index contributed by atoms with van der Waals surface area (Å²) in [5, 5.41) is 20.7. The zero-order valence-electron chi connectivity index (χ0n) is 11.7. The van der Waals surface area contributed by atoms with Crippen LogP contribution in [0, 0.1) is 10.1 Å². The Bertz CT molecular complexity index is 452. The number of benzene rings is 1. The maximum atomic E-state index is 11.2. The van der Waals surface area contributed by atoms with Gasteiger partial charge in [-0.25, -0.2) is 0 Å². The molecule has 0 amide bonds. The molecule has 19 heavy (non-hydrogen) atoms. The predicted molar refractivity (Wildman–Crippen MR) is 80.0 cm³/mol. The second-order valence-corrected chi connectivity index (χ2v) is 5.51. The molecule has 1 aromatic rings. The van der Waals surface area contributed by atoms with Gasteiger partial charge in [0.1, 0.15) is 5.69 Å². The molecule has 1 aromatic carbocycles. The van der Waals surface area contributed by atoms with E-state index < -0.39 is 11.0 Å². The van der Waals surface area contributed by atoms with Gasteiger partial charge in [-0.05, 0) is 31.7 Å². The maximum Gasteiger partial charge on any atom is 0.292 e. The number of rotatable bonds is 6. The molecule has 0 radical (unpaired) electrons. The molecule has 1 unspecified atom stereocenters. The van der Waals surface area contributed by atoms with Gasteiger partial charge in [0.2, 0.25) is 0 Å². The minimum absolute atomic E-state index is 0.0360. The van der Waals surface area contributed by atoms with Crippen molar-refractivity contribution < 1.29 is 10.0 Å². The average Bonchev–Trinajstić information content (AvgIpc) is 2.37. The van der Waals surface area contributed by atoms with E-state index in [9.17, 15) is 15.2 Å². The van der Waals surface area contributed by atoms with Crippen molar-refractivity contribution in [2.45, 2.75) is 26.0 Å². The molecule has 0 aliphatic carbocycles. The molecule has 2 atom stereocenters. The number of thioether (sulfide) groups is 1. The number of nitro groups is 1. The molecular formula is C13H20N2O3S. The molecule has 106 valence electrons. The summed E-state index contributed by atoms with van der Waals surface area (Å²) >= 11 is 1.70. The van der Waals surface area contributed by atoms with E-state index >= 15 is 0 Å². The van der Waals surface area contributed by atoms with Gasteiger partial charge < -0.3 is 10.0 Å². The topological polar surface area (TPSA) is 66.6 Å². The first-order chi connectivity index (χ1) is 8.88. The highest BCUT2D eigenvalue weighted by Gasteiger charge is 2.21. The summed E-state index contributed by atoms with van der Waals surface area (Å²) in [6, 6.07) is 5.08. The Hall–Kier alpha value is -1.27. The zero-order valence-corrected chi connectivity index (χ0v) is 12.5. The van der Waals surface area contributed by atoms with Crippen LogP contribution >= 0.6 is 11.8 Å². The minimum Gasteiger partial charge on any atom is -0.389 e. The summed E-state index contributed by atoms with van der Waals surface area (Å²) in [6.45, 7) is 3.63. The van der Waals surface area contributed by atoms with E-state index in [0.717, 1.165) is 5.75 Å². The van der Waals surface area contributed by atoms with Crippen LogP contribution in [0.5, 0.6) is 0 Å². The number of aliphatic hydroxyl groups excluding tert-OH is 1. The lowest BCUT2D eigenvalue weighted by Gasteiger charge is -2.26. The fourth-order valence-corrected chi connectivity index (χ4v) is 2.54. The Morgan fingerprint density at radius 2 is 2.11 bits per heavy atom. The summed E-state index contributed by atoms with van der Waals surface area (Å²) < 4.78 is 0. The second-order valence-electron chi connectivity index (χ2n) is 4.60. The molecule has 0 saturated carbocycles. The van der Waals surface area contributed by atoms with E-state index in [1.54, 1.807) is 30.8 Å². The summed E-state index contributed by atoms with van der Waals surface area (Å²) in [5.41, 5.74) is 1.17. The number of hydrogen-bond acceptors (Lipinski definition) is 5. The van der Waals surface area contributed by atoms with Crippen molar-refractivity contribution in [2.24, 2.45) is 0 Å². The third-order valence-electron chi connectivity index (χ3n) is 3.13. The molecule has 0 heterocycles. The third-order valence-corrected chi connectivity index (χ3v) is 3.94. The smallest absolute Gasteiger partial charge is 0.292 e. The second kappa shape index (κ2) is 6.77. The molecule has 5 nitrogen and oxygen atoms in total. The molecule has 0 bridgehead atoms. The van der Waals surface area contributed by atoms with Crippen LogP contribution < -0.4 is 4.90 Å². The first-order valence-corrected chi connectivity index (χ1v) is 7.46. The number of aliphatic hydroxyl groups is 1. The minimum atomic E-state index is -0.707. The summed E-state index contributed by atoms with van der Waals surface area (Å²) in [7, 11) is 1.85. The molecule has 1 N–H and O–H groups in total. The van der Waals surface area contributed by atoms with Gasteiger partial charge in [-0.2, -0.15) is 11.8 Å². The van der Waals surface area contributed by atoms with Crippen molar-refractivity contribution in [1.82, 2.24) is 0 Å². The predicted octanol–water partition coefficient (Wildman–Crippen LogP) is 2.84. The third kappa shape index (κ3) is 3.84. The Balaban J connectivity index is 3.16. The summed E-state index contributed by atoms with van der Waals surface area (Å²) in [4.78, 5) is 12.7. The highest BCUT2D eigenvalue weighted by molar-refractivity contribution is 7.98. The van der Waals surface area contributed by atoms with Crippen molar-refractivity contribution in [3.63, 3.8) is 0 Å². The lowest BCUT2D eigenvalue weighted by molar-refractivity contribution is -0.384. The molecular weight excluding hydrogens is 264 g/mol. The van der Waals surface area contributed by atoms with E-state index in [0.29, 0.717) is 11.3 Å². The highest BCUT2D eigenvalue weighted by atomic mass is 32.2. The van der Waals surface area contributed by atoms with Crippen LogP contribution in [0.25, 0.3) is 0 Å². The number of hydrogen-bond donors (Lipinski definition) is 1. The van der Waals surface area contributed by atoms with Crippen LogP contribution in [0.1, 0.15) is 25.5 Å². The van der Waals surface area contributed by atoms with Gasteiger partial charge in [-0.15, -0.1) is 0 Å². The van der Waals surface area contributed by atoms with E-state index in [2.05, 4.69) is 0 Å². The van der Waals surface area contributed by atoms with Crippen molar-refractivity contribution in [2.75, 3.05) is 24.0 Å². The van der Waals surface area contributed by atoms with E-state index in [1.165, 1.54) is 6.07 Å². The normalized spacial score (nSPS) is 13.9. The Kier molecular flexibility index (Phi) is 5.62. The Morgan fingerprint density at radius 3 is 2.58 bits per heavy atom. The molecule has 0 saturated heterocycles. The van der Waals surface area contributed by atoms with E-state index in [4.69, 9.17) is 0 Å². The molecule has 0 aliphatic rings. The lowest BCUT2D eigenvalue weighted by Crippen LogP contribution is -2.31. The highest BCUT2D eigenvalue weighted by Crippen LogP contribution is 2.31. The van der Waals surface area contributed by atoms with Crippen LogP contribution in [0.4, 0.5) is 11.4 Å². The standard InChI is InChI=1S/C13H20N2O3S/c1-9(8-19-4)14(3)12-6-5-11(10(2)16)7-13(12)15(17)18/h5-7,9-10,16H,8H2,1-4H3/t9?,10-/m1/s1. The fourth-order valence-electron chi connectivity index (χ4n) is 1.84. The largest absolute Gasteiger partial charge is 0.389 e. The van der Waals surface area contributed by atoms with Gasteiger partial charge in [0, 0.05) is 24.9 Å². The quantitative estimate of drug-likeness (QED) is 0.642. The van der Waals surface area contributed by atoms with Gasteiger partial charge in [-0.1, -0.05) is 6.07 Å². The zero-order chi connectivity index (χ0) is 14.6. The first kappa shape index (κ1) is 15.8. The van der Waals surface area contributed by atoms with Gasteiger partial charge >= 0.3 is 0 Å². The van der Waals surface area contributed by atoms with Gasteiger partial charge in [-0.3, -0.25) is 10.1 Å². The van der Waals surface area contributed by atoms with Crippen molar-refractivity contribution >= 4 is 23.1 Å². The number of nitrogens with zero attached hydrogens (tertiary/aromatic N) is 2. The molecule has 1 rings (SSSR count). The fraction of sp³-hybridized carbons (Fsp3) is 0.538. The van der Waals surface area contributed by atoms with Crippen LogP contribution in [0.2, 0.25) is 0 Å². The molecule has 6 heteroatoms. The molecule has 0 spiro atoms. The monoisotopic (exact) mass is 284 g/mol. The summed E-state index contributed by atoms with van der Waals surface area (Å²) in [6.07, 6.45) is 1.30. The van der Waals surface area contributed by atoms with Gasteiger partial charge in [0.05, 0.1) is 11.0 Å². The van der Waals surface area contributed by atoms with Crippen LogP contribution in [0.15, 0.2) is 18.2 Å². The Morgan fingerprint density at radius 1 is 1.47 bits per heavy atom. The first-order valence-electron chi connectivity index (χ1n) is 6.06. The Labute approximate surface area is 117 Å². The van der Waals surface area contributed by atoms with E-state index in [1.807, 2.05) is 25.1 Å². The maximum absolute atomic E-state index is 11.2. The van der Waals surface area contributed by atoms with Crippen LogP contribution in [-0.4, -0.2) is 35.1 Å². The average molecular weight is 284 g/mol. The van der Waals surface area contributed by atoms with Crippen LogP contribution in [0.3, 0.4) is 0 Å². The van der Waals surface area contributed by atoms with Crippen LogP contribution in [-0.2, 0) is 0 Å². The van der Waals surface area contributed by atoms with E-state index in [-0.39, 0.29) is 11.7 Å². The molecule has 0 aliphatic heterocycles. The number of nitro benzene ring substituents is 1. The van der Waals surface area contributed by atoms with Crippen molar-refractivity contribution in [3.8, 4) is 0 Å². The van der Waals surface area contributed by atoms with Crippen molar-refractivity contribution in [3.05, 3.63) is 33.9 Å². The van der Waals surface area contributed by atoms with Gasteiger partial charge in [0.15, 0.2) is 0 Å². The molecule has 0 aromatic heterocycles. The lowest BCUT2D eigenvalue weighted by atomic mass is 10.1. The SMILES string of the molecule is CSCC(C)N(C)c1ccc([C@@H](C)O)cc1[N+](=O)[O-]. The number of anilines is 1.